The minimum absolute atomic E-state index is 0.197. The van der Waals surface area contributed by atoms with Crippen LogP contribution < -0.4 is 5.32 Å². The molecule has 26 heavy (non-hydrogen) atoms. The van der Waals surface area contributed by atoms with Gasteiger partial charge in [0, 0.05) is 24.9 Å². The first-order chi connectivity index (χ1) is 12.6. The van der Waals surface area contributed by atoms with Crippen molar-refractivity contribution >= 4 is 28.7 Å². The molecule has 3 aromatic rings. The molecule has 1 aliphatic heterocycles. The number of fused-ring (bicyclic) bond motifs is 1. The Morgan fingerprint density at radius 2 is 2.15 bits per heavy atom. The summed E-state index contributed by atoms with van der Waals surface area (Å²) in [6, 6.07) is 9.32. The number of aromatic nitrogens is 4. The number of carbonyl (C=O) groups excluding carboxylic acids is 1. The molecule has 8 heteroatoms. The molecule has 2 aromatic heterocycles. The molecular formula is C18H18ClN5O2. The first-order valence-electron chi connectivity index (χ1n) is 8.35. The Morgan fingerprint density at radius 3 is 2.88 bits per heavy atom. The van der Waals surface area contributed by atoms with Crippen molar-refractivity contribution in [3.8, 4) is 0 Å². The lowest BCUT2D eigenvalue weighted by Gasteiger charge is -2.29. The average Bonchev–Trinajstić information content (AvgIpc) is 3.24. The van der Waals surface area contributed by atoms with E-state index >= 15 is 0 Å². The summed E-state index contributed by atoms with van der Waals surface area (Å²) in [4.78, 5) is 17.2. The zero-order chi connectivity index (χ0) is 18.1. The van der Waals surface area contributed by atoms with Crippen LogP contribution in [-0.4, -0.2) is 44.6 Å². The van der Waals surface area contributed by atoms with Crippen molar-refractivity contribution < 1.29 is 9.53 Å². The number of hydrogen-bond donors (Lipinski definition) is 1. The predicted molar refractivity (Wildman–Crippen MR) is 97.1 cm³/mol. The number of benzene rings is 1. The van der Waals surface area contributed by atoms with Gasteiger partial charge in [0.05, 0.1) is 17.7 Å². The number of amides is 1. The maximum absolute atomic E-state index is 13.0. The Morgan fingerprint density at radius 1 is 1.35 bits per heavy atom. The topological polar surface area (TPSA) is 81.9 Å². The Labute approximate surface area is 155 Å². The Balaban J connectivity index is 1.61. The van der Waals surface area contributed by atoms with Crippen LogP contribution in [0.1, 0.15) is 22.3 Å². The van der Waals surface area contributed by atoms with E-state index in [0.717, 1.165) is 12.0 Å². The van der Waals surface area contributed by atoms with Crippen LogP contribution in [0, 0.1) is 0 Å². The lowest BCUT2D eigenvalue weighted by Crippen LogP contribution is -2.50. The summed E-state index contributed by atoms with van der Waals surface area (Å²) in [5, 5.41) is 11.9. The summed E-state index contributed by atoms with van der Waals surface area (Å²) in [6.45, 7) is 1.08. The number of nitrogens with one attached hydrogen (secondary N) is 1. The minimum atomic E-state index is -0.456. The highest BCUT2D eigenvalue weighted by Crippen LogP contribution is 2.26. The second-order valence-corrected chi connectivity index (χ2v) is 7.02. The molecule has 134 valence electrons. The molecule has 1 fully saturated rings. The Bertz CT molecular complexity index is 948. The lowest BCUT2D eigenvalue weighted by molar-refractivity contribution is 0.0879. The van der Waals surface area contributed by atoms with Gasteiger partial charge in [-0.05, 0) is 36.6 Å². The van der Waals surface area contributed by atoms with Gasteiger partial charge in [0.25, 0.3) is 5.91 Å². The van der Waals surface area contributed by atoms with Gasteiger partial charge in [0.15, 0.2) is 5.65 Å². The number of hydrogen-bond acceptors (Lipinski definition) is 5. The first kappa shape index (κ1) is 16.9. The molecule has 1 amide bonds. The molecule has 0 aliphatic carbocycles. The molecule has 0 saturated carbocycles. The van der Waals surface area contributed by atoms with Crippen LogP contribution in [0.25, 0.3) is 11.2 Å². The van der Waals surface area contributed by atoms with Crippen LogP contribution in [0.2, 0.25) is 5.02 Å². The second kappa shape index (κ2) is 6.66. The molecule has 4 rings (SSSR count). The van der Waals surface area contributed by atoms with Crippen LogP contribution in [-0.2, 0) is 18.2 Å². The van der Waals surface area contributed by atoms with Crippen LogP contribution >= 0.6 is 11.6 Å². The number of aryl methyl sites for hydroxylation is 1. The minimum Gasteiger partial charge on any atom is -0.379 e. The van der Waals surface area contributed by atoms with E-state index in [1.165, 1.54) is 0 Å². The molecular weight excluding hydrogens is 354 g/mol. The first-order valence-corrected chi connectivity index (χ1v) is 8.73. The van der Waals surface area contributed by atoms with Gasteiger partial charge >= 0.3 is 0 Å². The van der Waals surface area contributed by atoms with Crippen LogP contribution in [0.15, 0.2) is 36.5 Å². The van der Waals surface area contributed by atoms with Gasteiger partial charge in [-0.2, -0.15) is 0 Å². The number of ether oxygens (including phenoxy) is 1. The highest BCUT2D eigenvalue weighted by Gasteiger charge is 2.37. The number of pyridine rings is 1. The summed E-state index contributed by atoms with van der Waals surface area (Å²) >= 11 is 5.97. The van der Waals surface area contributed by atoms with Crippen molar-refractivity contribution in [3.05, 3.63) is 52.7 Å². The summed E-state index contributed by atoms with van der Waals surface area (Å²) < 4.78 is 7.15. The molecule has 0 spiro atoms. The van der Waals surface area contributed by atoms with Gasteiger partial charge in [-0.15, -0.1) is 5.10 Å². The molecule has 1 aliphatic rings. The van der Waals surface area contributed by atoms with Crippen molar-refractivity contribution in [2.45, 2.75) is 18.4 Å². The monoisotopic (exact) mass is 371 g/mol. The number of carbonyl (C=O) groups is 1. The van der Waals surface area contributed by atoms with Crippen molar-refractivity contribution in [2.75, 3.05) is 13.2 Å². The molecule has 1 N–H and O–H groups in total. The lowest BCUT2D eigenvalue weighted by atomic mass is 9.89. The number of rotatable bonds is 4. The van der Waals surface area contributed by atoms with Crippen LogP contribution in [0.4, 0.5) is 0 Å². The molecule has 1 aromatic carbocycles. The van der Waals surface area contributed by atoms with E-state index in [2.05, 4.69) is 20.6 Å². The molecule has 0 bridgehead atoms. The smallest absolute Gasteiger partial charge is 0.254 e. The SMILES string of the molecule is Cn1nnc2c(C(=O)NC3(Cc4ccc(Cl)cc4)CCOC3)ccnc21. The highest BCUT2D eigenvalue weighted by atomic mass is 35.5. The van der Waals surface area contributed by atoms with Crippen molar-refractivity contribution in [3.63, 3.8) is 0 Å². The third-order valence-electron chi connectivity index (χ3n) is 4.67. The molecule has 1 saturated heterocycles. The fourth-order valence-electron chi connectivity index (χ4n) is 3.31. The van der Waals surface area contributed by atoms with E-state index < -0.39 is 5.54 Å². The van der Waals surface area contributed by atoms with Crippen LogP contribution in [0.3, 0.4) is 0 Å². The van der Waals surface area contributed by atoms with Gasteiger partial charge in [0.2, 0.25) is 0 Å². The predicted octanol–water partition coefficient (Wildman–Crippen LogP) is 2.15. The summed E-state index contributed by atoms with van der Waals surface area (Å²) in [6.07, 6.45) is 3.01. The molecule has 7 nitrogen and oxygen atoms in total. The maximum atomic E-state index is 13.0. The molecule has 0 radical (unpaired) electrons. The van der Waals surface area contributed by atoms with Gasteiger partial charge in [-0.1, -0.05) is 28.9 Å². The largest absolute Gasteiger partial charge is 0.379 e. The number of halogens is 1. The van der Waals surface area contributed by atoms with Crippen molar-refractivity contribution in [1.29, 1.82) is 0 Å². The fourth-order valence-corrected chi connectivity index (χ4v) is 3.43. The fraction of sp³-hybridized carbons (Fsp3) is 0.333. The van der Waals surface area contributed by atoms with Gasteiger partial charge in [0.1, 0.15) is 5.52 Å². The van der Waals surface area contributed by atoms with Gasteiger partial charge < -0.3 is 10.1 Å². The number of nitrogens with zero attached hydrogens (tertiary/aromatic N) is 4. The van der Waals surface area contributed by atoms with E-state index in [0.29, 0.717) is 41.4 Å². The zero-order valence-corrected chi connectivity index (χ0v) is 15.0. The second-order valence-electron chi connectivity index (χ2n) is 6.58. The van der Waals surface area contributed by atoms with E-state index in [4.69, 9.17) is 16.3 Å². The summed E-state index contributed by atoms with van der Waals surface area (Å²) in [7, 11) is 1.75. The Kier molecular flexibility index (Phi) is 4.34. The summed E-state index contributed by atoms with van der Waals surface area (Å²) in [5.74, 6) is -0.197. The van der Waals surface area contributed by atoms with E-state index in [1.807, 2.05) is 24.3 Å². The van der Waals surface area contributed by atoms with Crippen LogP contribution in [0.5, 0.6) is 0 Å². The van der Waals surface area contributed by atoms with Gasteiger partial charge in [-0.3, -0.25) is 4.79 Å². The molecule has 3 heterocycles. The van der Waals surface area contributed by atoms with Gasteiger partial charge in [-0.25, -0.2) is 9.67 Å². The Hall–Kier alpha value is -2.51. The van der Waals surface area contributed by atoms with E-state index in [1.54, 1.807) is 24.0 Å². The quantitative estimate of drug-likeness (QED) is 0.759. The van der Waals surface area contributed by atoms with Crippen molar-refractivity contribution in [2.24, 2.45) is 7.05 Å². The molecule has 1 unspecified atom stereocenters. The zero-order valence-electron chi connectivity index (χ0n) is 14.3. The standard InChI is InChI=1S/C18H18ClN5O2/c1-24-16-15(22-23-24)14(6-8-20-16)17(25)21-18(7-9-26-11-18)10-12-2-4-13(19)5-3-12/h2-6,8H,7,9-11H2,1H3,(H,21,25). The third kappa shape index (κ3) is 3.15. The highest BCUT2D eigenvalue weighted by molar-refractivity contribution is 6.30. The normalized spacial score (nSPS) is 19.8. The van der Waals surface area contributed by atoms with E-state index in [-0.39, 0.29) is 5.91 Å². The average molecular weight is 372 g/mol. The molecule has 1 atom stereocenters. The summed E-state index contributed by atoms with van der Waals surface area (Å²) in [5.41, 5.74) is 2.17. The van der Waals surface area contributed by atoms with Crippen molar-refractivity contribution in [1.82, 2.24) is 25.3 Å². The maximum Gasteiger partial charge on any atom is 0.254 e. The van der Waals surface area contributed by atoms with E-state index in [9.17, 15) is 4.79 Å². The third-order valence-corrected chi connectivity index (χ3v) is 4.92.